The van der Waals surface area contributed by atoms with E-state index < -0.39 is 5.97 Å². The number of aliphatic carboxylic acids is 1. The first-order chi connectivity index (χ1) is 28.8. The summed E-state index contributed by atoms with van der Waals surface area (Å²) in [6, 6.07) is 0. The molecule has 0 radical (unpaired) electrons. The van der Waals surface area contributed by atoms with Crippen LogP contribution in [0.4, 0.5) is 0 Å². The van der Waals surface area contributed by atoms with E-state index in [2.05, 4.69) is 133 Å². The van der Waals surface area contributed by atoms with E-state index in [1.54, 1.807) is 13.8 Å². The predicted octanol–water partition coefficient (Wildman–Crippen LogP) is 15.7. The zero-order chi connectivity index (χ0) is 49.2. The SMILES string of the molecule is C1CCNC1.CC.CC(C)C.CC(C)C(=O)O.CC(C)CC(C)C.CC(C)CC(C)C.CC(C)CC1CC1.CC(C)CC1CC1.CC1CC1.CN1CCCC1.CN1COC(=O)C1.[H+]. The zero-order valence-corrected chi connectivity index (χ0v) is 46.6. The van der Waals surface area contributed by atoms with Crippen molar-refractivity contribution in [2.45, 2.75) is 228 Å². The Bertz CT molecular complexity index is 829. The third-order valence-corrected chi connectivity index (χ3v) is 9.38. The average Bonchev–Trinajstić information content (AvgIpc) is 4.10. The highest BCUT2D eigenvalue weighted by Crippen LogP contribution is 2.35. The number of carboxylic acids is 1. The van der Waals surface area contributed by atoms with Crippen LogP contribution in [0.25, 0.3) is 0 Å². The van der Waals surface area contributed by atoms with Crippen molar-refractivity contribution < 1.29 is 20.9 Å². The van der Waals surface area contributed by atoms with Crippen molar-refractivity contribution in [1.82, 2.24) is 15.1 Å². The molecule has 7 heteroatoms. The van der Waals surface area contributed by atoms with E-state index in [9.17, 15) is 9.59 Å². The number of nitrogens with one attached hydrogen (secondary N) is 1. The van der Waals surface area contributed by atoms with E-state index in [0.29, 0.717) is 13.3 Å². The Morgan fingerprint density at radius 1 is 0.613 bits per heavy atom. The number of carbonyl (C=O) groups excluding carboxylic acids is 1. The van der Waals surface area contributed by atoms with Gasteiger partial charge in [0.25, 0.3) is 0 Å². The van der Waals surface area contributed by atoms with E-state index in [-0.39, 0.29) is 13.3 Å². The molecule has 3 saturated heterocycles. The fourth-order valence-corrected chi connectivity index (χ4v) is 6.09. The molecule has 3 aliphatic heterocycles. The number of ether oxygens (including phenoxy) is 1. The number of likely N-dealkylation sites (N-methyl/N-ethyl adjacent to an activating group) is 1. The van der Waals surface area contributed by atoms with Gasteiger partial charge in [0, 0.05) is 0 Å². The summed E-state index contributed by atoms with van der Waals surface area (Å²) in [6.45, 7) is 49.4. The Hall–Kier alpha value is -1.18. The summed E-state index contributed by atoms with van der Waals surface area (Å²) in [6.07, 6.45) is 20.3. The van der Waals surface area contributed by atoms with E-state index in [0.717, 1.165) is 59.2 Å². The number of carbonyl (C=O) groups is 2. The standard InChI is InChI=1S/2C7H14.2C7H16.C5H11N.C4H7NO2.C4H9N.C4H8O2.C4H8.C4H10.C2H6/c2*1-6(2)5-7-3-4-7;2*1-6(2)5-7(3)4;1-6-4-2-3-5-6;1-5-2-4(6)7-3-5;1-2-4-5-3-1;1-3(2)4(5)6;1-4-2-3-4;1-4(2)3;1-2/h2*6-7H,3-5H2,1-2H3;2*6-7H,5H2,1-4H3;2-5H2,1H3;2-3H2,1H3;5H,1-4H2;3H,1-2H3,(H,5,6);4H,2-3H2,1H3;4H,1-3H3;1-2H3/p+1. The lowest BCUT2D eigenvalue weighted by Crippen LogP contribution is -2.13. The molecule has 0 unspecified atom stereocenters. The summed E-state index contributed by atoms with van der Waals surface area (Å²) in [5.41, 5.74) is 0. The smallest absolute Gasteiger partial charge is 0.481 e. The summed E-state index contributed by atoms with van der Waals surface area (Å²) in [5, 5.41) is 11.2. The number of carboxylic acid groups (broad SMARTS) is 1. The lowest BCUT2D eigenvalue weighted by Gasteiger charge is -2.05. The van der Waals surface area contributed by atoms with Crippen LogP contribution in [-0.4, -0.2) is 80.4 Å². The van der Waals surface area contributed by atoms with Crippen LogP contribution in [0.2, 0.25) is 0 Å². The molecule has 0 bridgehead atoms. The van der Waals surface area contributed by atoms with Crippen LogP contribution in [0.15, 0.2) is 0 Å². The van der Waals surface area contributed by atoms with E-state index >= 15 is 0 Å². The molecule has 7 nitrogen and oxygen atoms in total. The fourth-order valence-electron chi connectivity index (χ4n) is 6.09. The number of hydrogen-bond donors (Lipinski definition) is 2. The van der Waals surface area contributed by atoms with Gasteiger partial charge in [-0.2, -0.15) is 0 Å². The van der Waals surface area contributed by atoms with Gasteiger partial charge in [-0.3, -0.25) is 14.5 Å². The van der Waals surface area contributed by atoms with Crippen molar-refractivity contribution in [1.29, 1.82) is 0 Å². The molecule has 6 aliphatic rings. The van der Waals surface area contributed by atoms with Crippen LogP contribution in [0, 0.1) is 65.1 Å². The fraction of sp³-hybridized carbons (Fsp3) is 0.964. The molecule has 2 N–H and O–H groups in total. The topological polar surface area (TPSA) is 82.1 Å². The van der Waals surface area contributed by atoms with Gasteiger partial charge in [0.15, 0.2) is 0 Å². The highest BCUT2D eigenvalue weighted by Gasteiger charge is 2.22. The number of rotatable bonds is 9. The Kier molecular flexibility index (Phi) is 53.8. The minimum absolute atomic E-state index is 0. The Labute approximate surface area is 393 Å². The molecule has 6 fully saturated rings. The van der Waals surface area contributed by atoms with Crippen LogP contribution < -0.4 is 5.32 Å². The second-order valence-electron chi connectivity index (χ2n) is 22.2. The molecule has 0 spiro atoms. The average molecular weight is 888 g/mol. The molecule has 3 heterocycles. The lowest BCUT2D eigenvalue weighted by atomic mass is 10.0. The summed E-state index contributed by atoms with van der Waals surface area (Å²) in [5.74, 6) is 8.45. The Morgan fingerprint density at radius 3 is 0.984 bits per heavy atom. The normalized spacial score (nSPS) is 17.5. The maximum atomic E-state index is 10.2. The van der Waals surface area contributed by atoms with Gasteiger partial charge in [-0.05, 0) is 151 Å². The van der Waals surface area contributed by atoms with Gasteiger partial charge in [-0.15, -0.1) is 0 Å². The first-order valence-corrected chi connectivity index (χ1v) is 26.2. The summed E-state index contributed by atoms with van der Waals surface area (Å²) in [4.78, 5) is 24.1. The first-order valence-electron chi connectivity index (χ1n) is 26.2. The largest absolute Gasteiger partial charge is 1.00 e. The highest BCUT2D eigenvalue weighted by atomic mass is 16.6. The van der Waals surface area contributed by atoms with Gasteiger partial charge >= 0.3 is 13.4 Å². The predicted molar refractivity (Wildman–Crippen MR) is 279 cm³/mol. The molecule has 0 atom stereocenters. The third kappa shape index (κ3) is 82.5. The number of cyclic esters (lactones) is 1. The number of esters is 1. The summed E-state index contributed by atoms with van der Waals surface area (Å²) in [7, 11) is 4.01. The molecule has 6 rings (SSSR count). The van der Waals surface area contributed by atoms with Crippen molar-refractivity contribution in [3.63, 3.8) is 0 Å². The molecule has 3 saturated carbocycles. The molecule has 62 heavy (non-hydrogen) atoms. The minimum atomic E-state index is -0.741. The van der Waals surface area contributed by atoms with Crippen molar-refractivity contribution in [2.24, 2.45) is 65.1 Å². The van der Waals surface area contributed by atoms with Gasteiger partial charge in [0.05, 0.1) is 12.5 Å². The zero-order valence-electron chi connectivity index (χ0n) is 47.6. The highest BCUT2D eigenvalue weighted by molar-refractivity contribution is 5.73. The maximum Gasteiger partial charge on any atom is 1.00 e. The van der Waals surface area contributed by atoms with Crippen molar-refractivity contribution >= 4 is 11.9 Å². The van der Waals surface area contributed by atoms with Crippen molar-refractivity contribution in [3.8, 4) is 0 Å². The third-order valence-electron chi connectivity index (χ3n) is 9.38. The van der Waals surface area contributed by atoms with Crippen LogP contribution in [0.1, 0.15) is 230 Å². The molecular formula is C55H120N3O4+. The molecule has 0 aromatic rings. The van der Waals surface area contributed by atoms with Gasteiger partial charge < -0.3 is 20.1 Å². The summed E-state index contributed by atoms with van der Waals surface area (Å²) < 4.78 is 4.55. The van der Waals surface area contributed by atoms with Gasteiger partial charge in [-0.1, -0.05) is 177 Å². The van der Waals surface area contributed by atoms with Crippen LogP contribution >= 0.6 is 0 Å². The monoisotopic (exact) mass is 887 g/mol. The van der Waals surface area contributed by atoms with Crippen LogP contribution in [0.5, 0.6) is 0 Å². The van der Waals surface area contributed by atoms with E-state index in [1.807, 2.05) is 25.8 Å². The second-order valence-corrected chi connectivity index (χ2v) is 22.2. The lowest BCUT2D eigenvalue weighted by molar-refractivity contribution is -0.140. The Balaban J connectivity index is -0.000000143. The van der Waals surface area contributed by atoms with Gasteiger partial charge in [0.1, 0.15) is 6.73 Å². The molecule has 0 amide bonds. The van der Waals surface area contributed by atoms with Gasteiger partial charge in [0.2, 0.25) is 0 Å². The summed E-state index contributed by atoms with van der Waals surface area (Å²) >= 11 is 0. The molecule has 0 aromatic carbocycles. The molecule has 0 aromatic heterocycles. The number of nitrogens with zero attached hydrogens (tertiary/aromatic N) is 2. The Morgan fingerprint density at radius 2 is 0.919 bits per heavy atom. The molecule has 3 aliphatic carbocycles. The van der Waals surface area contributed by atoms with Crippen molar-refractivity contribution in [2.75, 3.05) is 53.5 Å². The quantitative estimate of drug-likeness (QED) is 0.223. The first kappa shape index (κ1) is 69.8. The number of hydrogen-bond acceptors (Lipinski definition) is 6. The van der Waals surface area contributed by atoms with Crippen molar-refractivity contribution in [3.05, 3.63) is 0 Å². The van der Waals surface area contributed by atoms with Gasteiger partial charge in [-0.25, -0.2) is 0 Å². The maximum absolute atomic E-state index is 10.2. The number of likely N-dealkylation sites (tertiary alicyclic amines) is 1. The van der Waals surface area contributed by atoms with E-state index in [4.69, 9.17) is 5.11 Å². The molecule has 378 valence electrons. The van der Waals surface area contributed by atoms with Crippen LogP contribution in [-0.2, 0) is 14.3 Å². The molecular weight excluding hydrogens is 767 g/mol. The van der Waals surface area contributed by atoms with Crippen LogP contribution in [0.3, 0.4) is 0 Å². The van der Waals surface area contributed by atoms with E-state index in [1.165, 1.54) is 116 Å². The minimum Gasteiger partial charge on any atom is -0.481 e. The second kappa shape index (κ2) is 47.8.